The standard InChI is InChI=1S/C20H23N3O5/c1-11-6-7-15(21)14(8-11)19-22-23(12(2)24)20(28-19)13-9-16(25-3)18(27-5)17(10-13)26-4/h6-10,20H,21H2,1-5H3. The molecular formula is C20H23N3O5. The van der Waals surface area contributed by atoms with E-state index in [0.29, 0.717) is 34.1 Å². The number of hydrogen-bond acceptors (Lipinski definition) is 7. The number of nitrogens with zero attached hydrogens (tertiary/aromatic N) is 2. The minimum atomic E-state index is -0.791. The van der Waals surface area contributed by atoms with E-state index in [2.05, 4.69) is 5.10 Å². The molecule has 2 aromatic rings. The number of benzene rings is 2. The third-order valence-electron chi connectivity index (χ3n) is 4.38. The van der Waals surface area contributed by atoms with E-state index in [4.69, 9.17) is 24.7 Å². The van der Waals surface area contributed by atoms with E-state index in [9.17, 15) is 4.79 Å². The average Bonchev–Trinajstić information content (AvgIpc) is 3.14. The van der Waals surface area contributed by atoms with Crippen molar-refractivity contribution in [2.45, 2.75) is 20.1 Å². The molecule has 28 heavy (non-hydrogen) atoms. The van der Waals surface area contributed by atoms with Gasteiger partial charge in [0.15, 0.2) is 11.5 Å². The molecule has 1 heterocycles. The van der Waals surface area contributed by atoms with Crippen molar-refractivity contribution in [3.05, 3.63) is 47.0 Å². The third-order valence-corrected chi connectivity index (χ3v) is 4.38. The van der Waals surface area contributed by atoms with Gasteiger partial charge in [-0.25, -0.2) is 0 Å². The van der Waals surface area contributed by atoms with Gasteiger partial charge in [0, 0.05) is 18.2 Å². The van der Waals surface area contributed by atoms with E-state index < -0.39 is 6.23 Å². The number of rotatable bonds is 5. The molecule has 1 aliphatic heterocycles. The van der Waals surface area contributed by atoms with Crippen molar-refractivity contribution in [3.63, 3.8) is 0 Å². The highest BCUT2D eigenvalue weighted by atomic mass is 16.5. The summed E-state index contributed by atoms with van der Waals surface area (Å²) >= 11 is 0. The molecule has 0 spiro atoms. The smallest absolute Gasteiger partial charge is 0.243 e. The molecule has 0 fully saturated rings. The largest absolute Gasteiger partial charge is 0.493 e. The molecule has 1 unspecified atom stereocenters. The number of carbonyl (C=O) groups is 1. The topological polar surface area (TPSA) is 95.6 Å². The average molecular weight is 385 g/mol. The van der Waals surface area contributed by atoms with Crippen LogP contribution in [0.5, 0.6) is 17.2 Å². The zero-order chi connectivity index (χ0) is 20.4. The van der Waals surface area contributed by atoms with Gasteiger partial charge in [0.25, 0.3) is 0 Å². The molecule has 148 valence electrons. The second-order valence-electron chi connectivity index (χ2n) is 6.29. The lowest BCUT2D eigenvalue weighted by atomic mass is 10.1. The predicted octanol–water partition coefficient (Wildman–Crippen LogP) is 2.84. The van der Waals surface area contributed by atoms with E-state index in [1.807, 2.05) is 19.1 Å². The number of aryl methyl sites for hydroxylation is 1. The molecule has 0 aliphatic carbocycles. The van der Waals surface area contributed by atoms with Gasteiger partial charge in [-0.1, -0.05) is 11.6 Å². The Morgan fingerprint density at radius 1 is 1.11 bits per heavy atom. The van der Waals surface area contributed by atoms with Crippen molar-refractivity contribution in [1.82, 2.24) is 5.01 Å². The lowest BCUT2D eigenvalue weighted by Gasteiger charge is -2.21. The Morgan fingerprint density at radius 2 is 1.75 bits per heavy atom. The van der Waals surface area contributed by atoms with Crippen LogP contribution in [-0.2, 0) is 9.53 Å². The lowest BCUT2D eigenvalue weighted by molar-refractivity contribution is -0.135. The van der Waals surface area contributed by atoms with Crippen LogP contribution in [0.15, 0.2) is 35.4 Å². The predicted molar refractivity (Wildman–Crippen MR) is 105 cm³/mol. The van der Waals surface area contributed by atoms with E-state index in [-0.39, 0.29) is 11.8 Å². The molecule has 0 saturated carbocycles. The van der Waals surface area contributed by atoms with Crippen LogP contribution in [0.25, 0.3) is 0 Å². The summed E-state index contributed by atoms with van der Waals surface area (Å²) < 4.78 is 22.2. The van der Waals surface area contributed by atoms with Gasteiger partial charge in [0.2, 0.25) is 23.8 Å². The molecule has 2 aromatic carbocycles. The maximum absolute atomic E-state index is 12.2. The number of amides is 1. The summed E-state index contributed by atoms with van der Waals surface area (Å²) in [5.74, 6) is 1.35. The van der Waals surface area contributed by atoms with Crippen LogP contribution in [0.2, 0.25) is 0 Å². The third kappa shape index (κ3) is 3.40. The molecule has 0 aromatic heterocycles. The van der Waals surface area contributed by atoms with E-state index in [1.165, 1.54) is 33.3 Å². The van der Waals surface area contributed by atoms with Crippen LogP contribution >= 0.6 is 0 Å². The maximum atomic E-state index is 12.2. The number of hydrogen-bond donors (Lipinski definition) is 1. The van der Waals surface area contributed by atoms with E-state index in [0.717, 1.165) is 5.56 Å². The molecule has 3 rings (SSSR count). The van der Waals surface area contributed by atoms with Crippen molar-refractivity contribution >= 4 is 17.5 Å². The number of methoxy groups -OCH3 is 3. The van der Waals surface area contributed by atoms with Crippen molar-refractivity contribution in [3.8, 4) is 17.2 Å². The second kappa shape index (κ2) is 7.67. The molecule has 0 bridgehead atoms. The molecule has 8 nitrogen and oxygen atoms in total. The highest BCUT2D eigenvalue weighted by Gasteiger charge is 2.35. The Balaban J connectivity index is 2.06. The van der Waals surface area contributed by atoms with Gasteiger partial charge in [-0.05, 0) is 31.2 Å². The van der Waals surface area contributed by atoms with E-state index >= 15 is 0 Å². The van der Waals surface area contributed by atoms with Gasteiger partial charge in [0.05, 0.1) is 26.9 Å². The minimum absolute atomic E-state index is 0.273. The first-order valence-electron chi connectivity index (χ1n) is 8.61. The quantitative estimate of drug-likeness (QED) is 0.795. The summed E-state index contributed by atoms with van der Waals surface area (Å²) in [5.41, 5.74) is 8.84. The first-order valence-corrected chi connectivity index (χ1v) is 8.61. The molecule has 1 atom stereocenters. The van der Waals surface area contributed by atoms with Crippen molar-refractivity contribution in [2.24, 2.45) is 5.10 Å². The van der Waals surface area contributed by atoms with Gasteiger partial charge in [-0.2, -0.15) is 5.01 Å². The van der Waals surface area contributed by atoms with Crippen molar-refractivity contribution < 1.29 is 23.7 Å². The van der Waals surface area contributed by atoms with Crippen LogP contribution in [0, 0.1) is 6.92 Å². The molecule has 8 heteroatoms. The number of ether oxygens (including phenoxy) is 4. The number of nitrogen functional groups attached to an aromatic ring is 1. The first-order chi connectivity index (χ1) is 13.4. The second-order valence-corrected chi connectivity index (χ2v) is 6.29. The lowest BCUT2D eigenvalue weighted by Crippen LogP contribution is -2.25. The Labute approximate surface area is 163 Å². The van der Waals surface area contributed by atoms with Crippen molar-refractivity contribution in [2.75, 3.05) is 27.1 Å². The molecule has 2 N–H and O–H groups in total. The van der Waals surface area contributed by atoms with Crippen LogP contribution in [0.3, 0.4) is 0 Å². The summed E-state index contributed by atoms with van der Waals surface area (Å²) in [6, 6.07) is 8.99. The summed E-state index contributed by atoms with van der Waals surface area (Å²) in [4.78, 5) is 12.2. The minimum Gasteiger partial charge on any atom is -0.493 e. The first kappa shape index (κ1) is 19.3. The van der Waals surface area contributed by atoms with Crippen LogP contribution in [-0.4, -0.2) is 38.1 Å². The number of anilines is 1. The molecule has 1 amide bonds. The van der Waals surface area contributed by atoms with Gasteiger partial charge in [-0.3, -0.25) is 4.79 Å². The van der Waals surface area contributed by atoms with Gasteiger partial charge < -0.3 is 24.7 Å². The Kier molecular flexibility index (Phi) is 5.30. The molecular weight excluding hydrogens is 362 g/mol. The Hall–Kier alpha value is -3.42. The van der Waals surface area contributed by atoms with Crippen LogP contribution in [0.1, 0.15) is 29.8 Å². The van der Waals surface area contributed by atoms with Crippen LogP contribution < -0.4 is 19.9 Å². The Bertz CT molecular complexity index is 916. The fraction of sp³-hybridized carbons (Fsp3) is 0.300. The molecule has 0 radical (unpaired) electrons. The SMILES string of the molecule is COc1cc(C2OC(c3cc(C)ccc3N)=NN2C(C)=O)cc(OC)c1OC. The fourth-order valence-corrected chi connectivity index (χ4v) is 2.99. The Morgan fingerprint density at radius 3 is 2.29 bits per heavy atom. The summed E-state index contributed by atoms with van der Waals surface area (Å²) in [6.07, 6.45) is -0.791. The number of hydrazone groups is 1. The summed E-state index contributed by atoms with van der Waals surface area (Å²) in [5, 5.41) is 5.62. The highest BCUT2D eigenvalue weighted by Crippen LogP contribution is 2.42. The fourth-order valence-electron chi connectivity index (χ4n) is 2.99. The van der Waals surface area contributed by atoms with Gasteiger partial charge >= 0.3 is 0 Å². The van der Waals surface area contributed by atoms with Crippen LogP contribution in [0.4, 0.5) is 5.69 Å². The highest BCUT2D eigenvalue weighted by molar-refractivity contribution is 6.00. The summed E-state index contributed by atoms with van der Waals surface area (Å²) in [6.45, 7) is 3.36. The molecule has 0 saturated heterocycles. The maximum Gasteiger partial charge on any atom is 0.243 e. The van der Waals surface area contributed by atoms with Gasteiger partial charge in [-0.15, -0.1) is 5.10 Å². The normalized spacial score (nSPS) is 15.7. The zero-order valence-corrected chi connectivity index (χ0v) is 16.5. The monoisotopic (exact) mass is 385 g/mol. The van der Waals surface area contributed by atoms with Gasteiger partial charge in [0.1, 0.15) is 0 Å². The van der Waals surface area contributed by atoms with E-state index in [1.54, 1.807) is 18.2 Å². The number of nitrogens with two attached hydrogens (primary N) is 1. The zero-order valence-electron chi connectivity index (χ0n) is 16.5. The number of carbonyl (C=O) groups excluding carboxylic acids is 1. The molecule has 1 aliphatic rings. The van der Waals surface area contributed by atoms with Crippen molar-refractivity contribution in [1.29, 1.82) is 0 Å². The summed E-state index contributed by atoms with van der Waals surface area (Å²) in [7, 11) is 4.57.